The van der Waals surface area contributed by atoms with Crippen molar-refractivity contribution < 1.29 is 5.11 Å². The molecule has 0 spiro atoms. The fourth-order valence-electron chi connectivity index (χ4n) is 2.09. The Hall–Kier alpha value is -0.860. The predicted molar refractivity (Wildman–Crippen MR) is 57.2 cm³/mol. The third-order valence-corrected chi connectivity index (χ3v) is 2.63. The van der Waals surface area contributed by atoms with Gasteiger partial charge in [0.15, 0.2) is 0 Å². The van der Waals surface area contributed by atoms with Gasteiger partial charge in [-0.3, -0.25) is 4.90 Å². The summed E-state index contributed by atoms with van der Waals surface area (Å²) in [5.74, 6) is 0. The van der Waals surface area contributed by atoms with Crippen molar-refractivity contribution in [3.05, 3.63) is 34.9 Å². The number of nitrogens with zero attached hydrogens (tertiary/aromatic N) is 1. The van der Waals surface area contributed by atoms with Crippen LogP contribution in [0.3, 0.4) is 0 Å². The number of hydrogen-bond acceptors (Lipinski definition) is 2. The Labute approximate surface area is 85.2 Å². The average molecular weight is 191 g/mol. The highest BCUT2D eigenvalue weighted by atomic mass is 16.3. The van der Waals surface area contributed by atoms with Gasteiger partial charge in [0.25, 0.3) is 0 Å². The van der Waals surface area contributed by atoms with Gasteiger partial charge in [0, 0.05) is 19.6 Å². The fourth-order valence-corrected chi connectivity index (χ4v) is 2.09. The van der Waals surface area contributed by atoms with Crippen LogP contribution < -0.4 is 0 Å². The highest BCUT2D eigenvalue weighted by Gasteiger charge is 2.23. The summed E-state index contributed by atoms with van der Waals surface area (Å²) in [6, 6.07) is 6.63. The number of aliphatic hydroxyl groups is 1. The van der Waals surface area contributed by atoms with Gasteiger partial charge in [-0.1, -0.05) is 29.3 Å². The van der Waals surface area contributed by atoms with Gasteiger partial charge in [-0.15, -0.1) is 0 Å². The molecule has 1 aromatic rings. The first-order valence-corrected chi connectivity index (χ1v) is 5.11. The number of benzene rings is 1. The molecule has 1 saturated heterocycles. The molecule has 2 rings (SSSR count). The molecule has 0 radical (unpaired) electrons. The van der Waals surface area contributed by atoms with E-state index in [1.165, 1.54) is 16.7 Å². The Morgan fingerprint density at radius 3 is 2.29 bits per heavy atom. The molecular weight excluding hydrogens is 174 g/mol. The summed E-state index contributed by atoms with van der Waals surface area (Å²) in [5, 5.41) is 9.16. The van der Waals surface area contributed by atoms with Crippen LogP contribution in [0.1, 0.15) is 16.7 Å². The Morgan fingerprint density at radius 2 is 1.79 bits per heavy atom. The first-order chi connectivity index (χ1) is 6.63. The topological polar surface area (TPSA) is 23.5 Å². The molecule has 0 unspecified atom stereocenters. The van der Waals surface area contributed by atoms with Gasteiger partial charge in [-0.2, -0.15) is 0 Å². The highest BCUT2D eigenvalue weighted by Crippen LogP contribution is 2.15. The maximum Gasteiger partial charge on any atom is 0.0794 e. The van der Waals surface area contributed by atoms with Crippen molar-refractivity contribution in [2.45, 2.75) is 26.5 Å². The van der Waals surface area contributed by atoms with E-state index in [0.29, 0.717) is 0 Å². The first kappa shape index (κ1) is 9.69. The normalized spacial score (nSPS) is 18.2. The van der Waals surface area contributed by atoms with Crippen molar-refractivity contribution in [3.8, 4) is 0 Å². The van der Waals surface area contributed by atoms with Crippen LogP contribution in [-0.4, -0.2) is 29.2 Å². The number of aryl methyl sites for hydroxylation is 2. The molecule has 76 valence electrons. The minimum absolute atomic E-state index is 0.0964. The van der Waals surface area contributed by atoms with Crippen LogP contribution >= 0.6 is 0 Å². The van der Waals surface area contributed by atoms with Gasteiger partial charge in [-0.05, 0) is 19.4 Å². The van der Waals surface area contributed by atoms with Crippen LogP contribution in [0.5, 0.6) is 0 Å². The second kappa shape index (κ2) is 3.71. The van der Waals surface area contributed by atoms with Crippen LogP contribution in [0.2, 0.25) is 0 Å². The van der Waals surface area contributed by atoms with Crippen LogP contribution in [0.4, 0.5) is 0 Å². The molecule has 1 N–H and O–H groups in total. The van der Waals surface area contributed by atoms with Crippen LogP contribution in [0.15, 0.2) is 18.2 Å². The Kier molecular flexibility index (Phi) is 2.57. The molecule has 0 aromatic heterocycles. The monoisotopic (exact) mass is 191 g/mol. The quantitative estimate of drug-likeness (QED) is 0.765. The molecule has 1 fully saturated rings. The molecule has 0 saturated carbocycles. The molecule has 2 nitrogen and oxygen atoms in total. The third kappa shape index (κ3) is 2.14. The predicted octanol–water partition coefficient (Wildman–Crippen LogP) is 1.48. The lowest BCUT2D eigenvalue weighted by molar-refractivity contribution is -0.00287. The second-order valence-electron chi connectivity index (χ2n) is 4.34. The summed E-state index contributed by atoms with van der Waals surface area (Å²) in [5.41, 5.74) is 4.00. The Morgan fingerprint density at radius 1 is 1.21 bits per heavy atom. The zero-order chi connectivity index (χ0) is 10.1. The molecule has 0 aliphatic carbocycles. The average Bonchev–Trinajstić information content (AvgIpc) is 1.99. The maximum atomic E-state index is 9.16. The number of hydrogen-bond donors (Lipinski definition) is 1. The van der Waals surface area contributed by atoms with Crippen LogP contribution in [0, 0.1) is 13.8 Å². The smallest absolute Gasteiger partial charge is 0.0794 e. The van der Waals surface area contributed by atoms with Crippen molar-refractivity contribution in [1.29, 1.82) is 0 Å². The standard InChI is InChI=1S/C12H17NO/c1-9-3-10(2)5-11(4-9)6-13-7-12(14)8-13/h3-5,12,14H,6-8H2,1-2H3. The van der Waals surface area contributed by atoms with Gasteiger partial charge in [0.2, 0.25) is 0 Å². The molecule has 0 amide bonds. The zero-order valence-electron chi connectivity index (χ0n) is 8.83. The van der Waals surface area contributed by atoms with E-state index in [2.05, 4.69) is 36.9 Å². The lowest BCUT2D eigenvalue weighted by Gasteiger charge is -2.35. The molecule has 2 heteroatoms. The van der Waals surface area contributed by atoms with Crippen molar-refractivity contribution in [2.24, 2.45) is 0 Å². The summed E-state index contributed by atoms with van der Waals surface area (Å²) in [6.07, 6.45) is -0.0964. The van der Waals surface area contributed by atoms with E-state index in [1.54, 1.807) is 0 Å². The van der Waals surface area contributed by atoms with E-state index >= 15 is 0 Å². The number of rotatable bonds is 2. The van der Waals surface area contributed by atoms with Crippen LogP contribution in [-0.2, 0) is 6.54 Å². The van der Waals surface area contributed by atoms with E-state index in [9.17, 15) is 0 Å². The highest BCUT2D eigenvalue weighted by molar-refractivity contribution is 5.28. The molecule has 1 aromatic carbocycles. The summed E-state index contributed by atoms with van der Waals surface area (Å²) in [7, 11) is 0. The summed E-state index contributed by atoms with van der Waals surface area (Å²) >= 11 is 0. The third-order valence-electron chi connectivity index (χ3n) is 2.63. The van der Waals surface area contributed by atoms with Crippen LogP contribution in [0.25, 0.3) is 0 Å². The Balaban J connectivity index is 2.02. The number of aliphatic hydroxyl groups excluding tert-OH is 1. The lowest BCUT2D eigenvalue weighted by atomic mass is 10.1. The number of likely N-dealkylation sites (tertiary alicyclic amines) is 1. The first-order valence-electron chi connectivity index (χ1n) is 5.11. The Bertz CT molecular complexity index is 309. The van der Waals surface area contributed by atoms with Gasteiger partial charge in [0.1, 0.15) is 0 Å². The van der Waals surface area contributed by atoms with Crippen molar-refractivity contribution in [1.82, 2.24) is 4.90 Å². The number of β-amino-alcohol motifs (C(OH)–C–C–N with tert-alkyl or cyclic N) is 1. The van der Waals surface area contributed by atoms with Gasteiger partial charge < -0.3 is 5.11 Å². The summed E-state index contributed by atoms with van der Waals surface area (Å²) in [6.45, 7) is 6.88. The molecular formula is C12H17NO. The van der Waals surface area contributed by atoms with Crippen molar-refractivity contribution in [2.75, 3.05) is 13.1 Å². The van der Waals surface area contributed by atoms with E-state index in [4.69, 9.17) is 5.11 Å². The SMILES string of the molecule is Cc1cc(C)cc(CN2CC(O)C2)c1. The molecule has 1 aliphatic heterocycles. The van der Waals surface area contributed by atoms with Crippen molar-refractivity contribution >= 4 is 0 Å². The van der Waals surface area contributed by atoms with E-state index in [1.807, 2.05) is 0 Å². The molecule has 1 heterocycles. The van der Waals surface area contributed by atoms with Gasteiger partial charge in [-0.25, -0.2) is 0 Å². The minimum atomic E-state index is -0.0964. The molecule has 14 heavy (non-hydrogen) atoms. The fraction of sp³-hybridized carbons (Fsp3) is 0.500. The molecule has 1 aliphatic rings. The zero-order valence-corrected chi connectivity index (χ0v) is 8.83. The summed E-state index contributed by atoms with van der Waals surface area (Å²) in [4.78, 5) is 2.26. The largest absolute Gasteiger partial charge is 0.390 e. The van der Waals surface area contributed by atoms with Gasteiger partial charge in [0.05, 0.1) is 6.10 Å². The van der Waals surface area contributed by atoms with Gasteiger partial charge >= 0.3 is 0 Å². The summed E-state index contributed by atoms with van der Waals surface area (Å²) < 4.78 is 0. The maximum absolute atomic E-state index is 9.16. The second-order valence-corrected chi connectivity index (χ2v) is 4.34. The van der Waals surface area contributed by atoms with E-state index in [-0.39, 0.29) is 6.10 Å². The molecule has 0 bridgehead atoms. The van der Waals surface area contributed by atoms with Crippen molar-refractivity contribution in [3.63, 3.8) is 0 Å². The van der Waals surface area contributed by atoms with E-state index < -0.39 is 0 Å². The lowest BCUT2D eigenvalue weighted by Crippen LogP contribution is -2.49. The minimum Gasteiger partial charge on any atom is -0.390 e. The van der Waals surface area contributed by atoms with E-state index in [0.717, 1.165) is 19.6 Å². The molecule has 0 atom stereocenters.